The first kappa shape index (κ1) is 19.6. The summed E-state index contributed by atoms with van der Waals surface area (Å²) >= 11 is 0. The quantitative estimate of drug-likeness (QED) is 0.616. The number of anilines is 2. The number of amides is 2. The van der Waals surface area contributed by atoms with Crippen molar-refractivity contribution in [1.29, 1.82) is 5.26 Å². The van der Waals surface area contributed by atoms with Gasteiger partial charge in [-0.1, -0.05) is 18.2 Å². The number of carbonyl (C=O) groups is 2. The van der Waals surface area contributed by atoms with Crippen LogP contribution in [0.15, 0.2) is 78.9 Å². The fourth-order valence-electron chi connectivity index (χ4n) is 2.39. The molecule has 0 radical (unpaired) electrons. The fourth-order valence-corrected chi connectivity index (χ4v) is 2.39. The fraction of sp³-hybridized carbons (Fsp3) is 0.0455. The summed E-state index contributed by atoms with van der Waals surface area (Å²) in [6, 6.07) is 23.3. The van der Waals surface area contributed by atoms with Crippen LogP contribution in [0.3, 0.4) is 0 Å². The van der Waals surface area contributed by atoms with Gasteiger partial charge in [0.1, 0.15) is 11.5 Å². The zero-order valence-corrected chi connectivity index (χ0v) is 15.1. The van der Waals surface area contributed by atoms with Crippen LogP contribution in [0.5, 0.6) is 11.5 Å². The van der Waals surface area contributed by atoms with Crippen LogP contribution < -0.4 is 15.4 Å². The lowest BCUT2D eigenvalue weighted by Gasteiger charge is -2.11. The molecular weight excluding hydrogens is 373 g/mol. The van der Waals surface area contributed by atoms with Gasteiger partial charge in [0.15, 0.2) is 0 Å². The third kappa shape index (κ3) is 5.40. The largest absolute Gasteiger partial charge is 0.457 e. The molecule has 0 saturated heterocycles. The molecule has 3 aromatic carbocycles. The molecule has 0 spiro atoms. The van der Waals surface area contributed by atoms with Crippen molar-refractivity contribution in [2.45, 2.75) is 6.17 Å². The molecule has 0 bridgehead atoms. The summed E-state index contributed by atoms with van der Waals surface area (Å²) in [6.07, 6.45) is -2.40. The molecular formula is C22H16FN3O3. The summed E-state index contributed by atoms with van der Waals surface area (Å²) in [5, 5.41) is 13.4. The summed E-state index contributed by atoms with van der Waals surface area (Å²) in [4.78, 5) is 23.9. The zero-order chi connectivity index (χ0) is 20.6. The van der Waals surface area contributed by atoms with E-state index in [4.69, 9.17) is 10.00 Å². The Hall–Kier alpha value is -4.18. The molecule has 3 rings (SSSR count). The molecule has 0 saturated carbocycles. The third-order valence-electron chi connectivity index (χ3n) is 3.84. The number of hydrogen-bond acceptors (Lipinski definition) is 4. The van der Waals surface area contributed by atoms with Crippen molar-refractivity contribution in [3.05, 3.63) is 84.4 Å². The molecule has 1 atom stereocenters. The molecule has 0 aliphatic carbocycles. The van der Waals surface area contributed by atoms with E-state index in [9.17, 15) is 14.0 Å². The summed E-state index contributed by atoms with van der Waals surface area (Å²) in [5.74, 6) is -0.985. The van der Waals surface area contributed by atoms with Crippen molar-refractivity contribution in [1.82, 2.24) is 0 Å². The van der Waals surface area contributed by atoms with Crippen LogP contribution in [0.2, 0.25) is 0 Å². The molecule has 0 heterocycles. The standard InChI is InChI=1S/C22H16FN3O3/c23-20(21(27)25-16-8-6-15(14-24)7-9-16)22(28)26-17-10-12-19(13-11-17)29-18-4-2-1-3-5-18/h1-13,20H,(H,25,27)(H,26,28)/t20-/m0/s1. The first-order valence-electron chi connectivity index (χ1n) is 8.64. The first-order valence-corrected chi connectivity index (χ1v) is 8.64. The highest BCUT2D eigenvalue weighted by Crippen LogP contribution is 2.22. The maximum Gasteiger partial charge on any atom is 0.268 e. The third-order valence-corrected chi connectivity index (χ3v) is 3.84. The molecule has 7 heteroatoms. The predicted molar refractivity (Wildman–Crippen MR) is 106 cm³/mol. The second-order valence-electron chi connectivity index (χ2n) is 5.97. The molecule has 2 amide bonds. The van der Waals surface area contributed by atoms with Gasteiger partial charge in [-0.05, 0) is 60.7 Å². The van der Waals surface area contributed by atoms with Crippen molar-refractivity contribution in [3.8, 4) is 17.6 Å². The Morgan fingerprint density at radius 2 is 1.28 bits per heavy atom. The summed E-state index contributed by atoms with van der Waals surface area (Å²) in [6.45, 7) is 0. The Morgan fingerprint density at radius 3 is 1.79 bits per heavy atom. The highest BCUT2D eigenvalue weighted by Gasteiger charge is 2.26. The lowest BCUT2D eigenvalue weighted by molar-refractivity contribution is -0.130. The highest BCUT2D eigenvalue weighted by molar-refractivity contribution is 6.13. The van der Waals surface area contributed by atoms with E-state index in [1.807, 2.05) is 24.3 Å². The van der Waals surface area contributed by atoms with Gasteiger partial charge >= 0.3 is 0 Å². The minimum atomic E-state index is -2.40. The summed E-state index contributed by atoms with van der Waals surface area (Å²) < 4.78 is 19.8. The minimum absolute atomic E-state index is 0.284. The van der Waals surface area contributed by atoms with Gasteiger partial charge in [0.05, 0.1) is 11.6 Å². The molecule has 0 aliphatic heterocycles. The Bertz CT molecular complexity index is 1030. The van der Waals surface area contributed by atoms with E-state index in [0.29, 0.717) is 22.7 Å². The van der Waals surface area contributed by atoms with Gasteiger partial charge in [-0.2, -0.15) is 5.26 Å². The predicted octanol–water partition coefficient (Wildman–Crippen LogP) is 4.27. The number of alkyl halides is 1. The molecule has 29 heavy (non-hydrogen) atoms. The highest BCUT2D eigenvalue weighted by atomic mass is 19.1. The maximum absolute atomic E-state index is 14.2. The average molecular weight is 389 g/mol. The van der Waals surface area contributed by atoms with E-state index in [2.05, 4.69) is 10.6 Å². The number of hydrogen-bond donors (Lipinski definition) is 2. The molecule has 3 aromatic rings. The van der Waals surface area contributed by atoms with Crippen LogP contribution in [-0.4, -0.2) is 18.0 Å². The van der Waals surface area contributed by atoms with Crippen LogP contribution in [-0.2, 0) is 9.59 Å². The summed E-state index contributed by atoms with van der Waals surface area (Å²) in [7, 11) is 0. The number of ether oxygens (including phenoxy) is 1. The van der Waals surface area contributed by atoms with Crippen molar-refractivity contribution >= 4 is 23.2 Å². The van der Waals surface area contributed by atoms with Gasteiger partial charge in [0.2, 0.25) is 0 Å². The Labute approximate surface area is 166 Å². The lowest BCUT2D eigenvalue weighted by atomic mass is 10.2. The number of benzene rings is 3. The second-order valence-corrected chi connectivity index (χ2v) is 5.97. The van der Waals surface area contributed by atoms with Crippen molar-refractivity contribution in [3.63, 3.8) is 0 Å². The second kappa shape index (κ2) is 9.15. The monoisotopic (exact) mass is 389 g/mol. The molecule has 0 unspecified atom stereocenters. The van der Waals surface area contributed by atoms with E-state index in [-0.39, 0.29) is 5.69 Å². The lowest BCUT2D eigenvalue weighted by Crippen LogP contribution is -2.35. The molecule has 144 valence electrons. The summed E-state index contributed by atoms with van der Waals surface area (Å²) in [5.41, 5.74) is 1.01. The Kier molecular flexibility index (Phi) is 6.18. The molecule has 2 N–H and O–H groups in total. The van der Waals surface area contributed by atoms with Gasteiger partial charge in [0.25, 0.3) is 18.0 Å². The number of nitriles is 1. The normalized spacial score (nSPS) is 11.0. The van der Waals surface area contributed by atoms with Crippen molar-refractivity contribution < 1.29 is 18.7 Å². The number of nitrogens with one attached hydrogen (secondary N) is 2. The smallest absolute Gasteiger partial charge is 0.268 e. The minimum Gasteiger partial charge on any atom is -0.457 e. The number of halogens is 1. The number of nitrogens with zero attached hydrogens (tertiary/aromatic N) is 1. The Morgan fingerprint density at radius 1 is 0.793 bits per heavy atom. The SMILES string of the molecule is N#Cc1ccc(NC(=O)[C@H](F)C(=O)Nc2ccc(Oc3ccccc3)cc2)cc1. The molecule has 6 nitrogen and oxygen atoms in total. The van der Waals surface area contributed by atoms with E-state index in [0.717, 1.165) is 0 Å². The van der Waals surface area contributed by atoms with Gasteiger partial charge < -0.3 is 15.4 Å². The van der Waals surface area contributed by atoms with Gasteiger partial charge in [-0.25, -0.2) is 4.39 Å². The number of rotatable bonds is 6. The van der Waals surface area contributed by atoms with E-state index >= 15 is 0 Å². The molecule has 0 aliphatic rings. The number of carbonyl (C=O) groups excluding carboxylic acids is 2. The van der Waals surface area contributed by atoms with Crippen molar-refractivity contribution in [2.75, 3.05) is 10.6 Å². The Balaban J connectivity index is 1.55. The van der Waals surface area contributed by atoms with Gasteiger partial charge in [-0.3, -0.25) is 9.59 Å². The van der Waals surface area contributed by atoms with Gasteiger partial charge in [0, 0.05) is 11.4 Å². The van der Waals surface area contributed by atoms with Crippen LogP contribution in [0.4, 0.5) is 15.8 Å². The number of para-hydroxylation sites is 1. The maximum atomic E-state index is 14.2. The molecule has 0 fully saturated rings. The average Bonchev–Trinajstić information content (AvgIpc) is 2.75. The van der Waals surface area contributed by atoms with Crippen LogP contribution >= 0.6 is 0 Å². The zero-order valence-electron chi connectivity index (χ0n) is 15.1. The van der Waals surface area contributed by atoms with E-state index in [1.54, 1.807) is 36.4 Å². The van der Waals surface area contributed by atoms with Crippen LogP contribution in [0, 0.1) is 11.3 Å². The first-order chi connectivity index (χ1) is 14.0. The van der Waals surface area contributed by atoms with E-state index in [1.165, 1.54) is 24.3 Å². The van der Waals surface area contributed by atoms with Crippen molar-refractivity contribution in [2.24, 2.45) is 0 Å². The molecule has 0 aromatic heterocycles. The topological polar surface area (TPSA) is 91.2 Å². The van der Waals surface area contributed by atoms with E-state index < -0.39 is 18.0 Å². The van der Waals surface area contributed by atoms with Crippen LogP contribution in [0.25, 0.3) is 0 Å². The van der Waals surface area contributed by atoms with Gasteiger partial charge in [-0.15, -0.1) is 0 Å². The van der Waals surface area contributed by atoms with Crippen LogP contribution in [0.1, 0.15) is 5.56 Å².